The highest BCUT2D eigenvalue weighted by Crippen LogP contribution is 2.09. The van der Waals surface area contributed by atoms with Crippen molar-refractivity contribution in [2.75, 3.05) is 11.9 Å². The van der Waals surface area contributed by atoms with Gasteiger partial charge in [-0.2, -0.15) is 5.10 Å². The summed E-state index contributed by atoms with van der Waals surface area (Å²) < 4.78 is 1.45. The fraction of sp³-hybridized carbons (Fsp3) is 0.231. The summed E-state index contributed by atoms with van der Waals surface area (Å²) in [6, 6.07) is 2.83. The molecule has 1 unspecified atom stereocenters. The van der Waals surface area contributed by atoms with Crippen molar-refractivity contribution in [3.05, 3.63) is 36.5 Å². The maximum Gasteiger partial charge on any atom is 0.250 e. The molecule has 0 radical (unpaired) electrons. The van der Waals surface area contributed by atoms with Gasteiger partial charge >= 0.3 is 0 Å². The molecule has 0 saturated heterocycles. The first kappa shape index (κ1) is 13.7. The maximum absolute atomic E-state index is 12.0. The molecular weight excluding hydrogens is 258 g/mol. The van der Waals surface area contributed by atoms with Crippen LogP contribution in [0.25, 0.3) is 0 Å². The van der Waals surface area contributed by atoms with E-state index in [2.05, 4.69) is 32.2 Å². The number of aromatic nitrogens is 4. The van der Waals surface area contributed by atoms with E-state index >= 15 is 0 Å². The van der Waals surface area contributed by atoms with Gasteiger partial charge < -0.3 is 10.4 Å². The van der Waals surface area contributed by atoms with Gasteiger partial charge in [-0.15, -0.1) is 0 Å². The van der Waals surface area contributed by atoms with Crippen molar-refractivity contribution in [1.29, 1.82) is 0 Å². The second-order valence-electron chi connectivity index (χ2n) is 3.93. The van der Waals surface area contributed by atoms with Crippen molar-refractivity contribution in [2.24, 2.45) is 0 Å². The molecule has 0 bridgehead atoms. The van der Waals surface area contributed by atoms with Crippen LogP contribution in [0.4, 0.5) is 5.82 Å². The number of pyridine rings is 1. The summed E-state index contributed by atoms with van der Waals surface area (Å²) in [6.07, 6.45) is 4.38. The molecule has 2 heterocycles. The predicted molar refractivity (Wildman–Crippen MR) is 71.6 cm³/mol. The van der Waals surface area contributed by atoms with E-state index in [0.29, 0.717) is 11.4 Å². The Bertz CT molecular complexity index is 642. The van der Waals surface area contributed by atoms with Crippen LogP contribution in [-0.2, 0) is 4.79 Å². The fourth-order valence-corrected chi connectivity index (χ4v) is 1.49. The van der Waals surface area contributed by atoms with Crippen LogP contribution >= 0.6 is 0 Å². The highest BCUT2D eigenvalue weighted by atomic mass is 16.2. The number of nitrogens with zero attached hydrogens (tertiary/aromatic N) is 4. The average molecular weight is 271 g/mol. The van der Waals surface area contributed by atoms with Gasteiger partial charge in [0.1, 0.15) is 31.1 Å². The number of carbonyl (C=O) groups excluding carboxylic acids is 1. The first-order chi connectivity index (χ1) is 9.70. The molecule has 102 valence electrons. The van der Waals surface area contributed by atoms with Crippen LogP contribution in [0.15, 0.2) is 31.0 Å². The summed E-state index contributed by atoms with van der Waals surface area (Å²) in [5, 5.41) is 15.2. The molecule has 0 aliphatic carbocycles. The Labute approximate surface area is 115 Å². The first-order valence-corrected chi connectivity index (χ1v) is 5.91. The van der Waals surface area contributed by atoms with Crippen LogP contribution in [0.5, 0.6) is 0 Å². The van der Waals surface area contributed by atoms with Gasteiger partial charge in [-0.25, -0.2) is 14.6 Å². The molecule has 0 fully saturated rings. The topological polar surface area (TPSA) is 92.9 Å². The maximum atomic E-state index is 12.0. The molecule has 0 aliphatic rings. The van der Waals surface area contributed by atoms with E-state index in [1.54, 1.807) is 19.1 Å². The third kappa shape index (κ3) is 3.40. The Hall–Kier alpha value is -2.72. The van der Waals surface area contributed by atoms with E-state index in [1.807, 2.05) is 0 Å². The lowest BCUT2D eigenvalue weighted by Gasteiger charge is -2.11. The number of hydrogen-bond acceptors (Lipinski definition) is 5. The molecule has 2 aromatic heterocycles. The quantitative estimate of drug-likeness (QED) is 0.779. The molecular formula is C13H13N5O2. The van der Waals surface area contributed by atoms with Crippen molar-refractivity contribution in [3.63, 3.8) is 0 Å². The van der Waals surface area contributed by atoms with Crippen LogP contribution in [-0.4, -0.2) is 37.4 Å². The van der Waals surface area contributed by atoms with Gasteiger partial charge in [0.15, 0.2) is 0 Å². The number of aliphatic hydroxyl groups is 1. The third-order valence-electron chi connectivity index (χ3n) is 2.54. The average Bonchev–Trinajstić information content (AvgIpc) is 2.98. The smallest absolute Gasteiger partial charge is 0.250 e. The first-order valence-electron chi connectivity index (χ1n) is 5.91. The number of aliphatic hydroxyl groups excluding tert-OH is 1. The molecule has 0 aliphatic heterocycles. The van der Waals surface area contributed by atoms with Crippen molar-refractivity contribution in [1.82, 2.24) is 19.7 Å². The van der Waals surface area contributed by atoms with Crippen LogP contribution in [0.1, 0.15) is 18.5 Å². The van der Waals surface area contributed by atoms with Crippen LogP contribution < -0.4 is 5.32 Å². The molecule has 0 saturated carbocycles. The summed E-state index contributed by atoms with van der Waals surface area (Å²) >= 11 is 0. The normalized spacial score (nSPS) is 11.3. The van der Waals surface area contributed by atoms with Crippen molar-refractivity contribution >= 4 is 11.7 Å². The molecule has 0 aromatic carbocycles. The largest absolute Gasteiger partial charge is 0.384 e. The van der Waals surface area contributed by atoms with Crippen molar-refractivity contribution in [2.45, 2.75) is 13.0 Å². The van der Waals surface area contributed by atoms with Gasteiger partial charge in [-0.3, -0.25) is 4.79 Å². The van der Waals surface area contributed by atoms with E-state index in [4.69, 9.17) is 5.11 Å². The minimum absolute atomic E-state index is 0.215. The Morgan fingerprint density at radius 3 is 3.15 bits per heavy atom. The van der Waals surface area contributed by atoms with Gasteiger partial charge in [0.05, 0.1) is 0 Å². The minimum Gasteiger partial charge on any atom is -0.384 e. The Morgan fingerprint density at radius 1 is 1.60 bits per heavy atom. The summed E-state index contributed by atoms with van der Waals surface area (Å²) in [5.41, 5.74) is 0.665. The zero-order valence-electron chi connectivity index (χ0n) is 10.8. The molecule has 0 spiro atoms. The highest BCUT2D eigenvalue weighted by Gasteiger charge is 2.15. The van der Waals surface area contributed by atoms with Gasteiger partial charge in [0.2, 0.25) is 5.91 Å². The molecule has 1 amide bonds. The molecule has 2 aromatic rings. The summed E-state index contributed by atoms with van der Waals surface area (Å²) in [7, 11) is 0. The summed E-state index contributed by atoms with van der Waals surface area (Å²) in [4.78, 5) is 19.9. The van der Waals surface area contributed by atoms with Gasteiger partial charge in [0, 0.05) is 11.8 Å². The number of rotatable bonds is 3. The zero-order valence-corrected chi connectivity index (χ0v) is 10.8. The molecule has 2 rings (SSSR count). The Kier molecular flexibility index (Phi) is 4.42. The second kappa shape index (κ2) is 6.45. The van der Waals surface area contributed by atoms with Crippen molar-refractivity contribution < 1.29 is 9.90 Å². The number of carbonyl (C=O) groups is 1. The van der Waals surface area contributed by atoms with E-state index in [9.17, 15) is 4.79 Å². The minimum atomic E-state index is -0.494. The number of amides is 1. The van der Waals surface area contributed by atoms with Crippen LogP contribution in [0, 0.1) is 11.8 Å². The van der Waals surface area contributed by atoms with Crippen molar-refractivity contribution in [3.8, 4) is 11.8 Å². The van der Waals surface area contributed by atoms with E-state index in [1.165, 1.54) is 23.5 Å². The fourth-order valence-electron chi connectivity index (χ4n) is 1.49. The Balaban J connectivity index is 2.08. The standard InChI is InChI=1S/C13H13N5O2/c1-10(18-9-14-8-16-18)13(20)17-12-7-11(3-2-6-19)4-5-15-12/h4-5,7-10,19H,6H2,1H3,(H,15,17,20). The third-order valence-corrected chi connectivity index (χ3v) is 2.54. The lowest BCUT2D eigenvalue weighted by molar-refractivity contribution is -0.119. The monoisotopic (exact) mass is 271 g/mol. The van der Waals surface area contributed by atoms with Crippen LogP contribution in [0.3, 0.4) is 0 Å². The lowest BCUT2D eigenvalue weighted by Crippen LogP contribution is -2.24. The van der Waals surface area contributed by atoms with Gasteiger partial charge in [0.25, 0.3) is 0 Å². The molecule has 7 heteroatoms. The molecule has 20 heavy (non-hydrogen) atoms. The second-order valence-corrected chi connectivity index (χ2v) is 3.93. The number of anilines is 1. The van der Waals surface area contributed by atoms with Gasteiger partial charge in [-0.05, 0) is 19.1 Å². The number of hydrogen-bond donors (Lipinski definition) is 2. The van der Waals surface area contributed by atoms with Crippen LogP contribution in [0.2, 0.25) is 0 Å². The molecule has 7 nitrogen and oxygen atoms in total. The van der Waals surface area contributed by atoms with E-state index in [0.717, 1.165) is 0 Å². The SMILES string of the molecule is CC(C(=O)Nc1cc(C#CCO)ccn1)n1cncn1. The van der Waals surface area contributed by atoms with E-state index in [-0.39, 0.29) is 12.5 Å². The number of nitrogens with one attached hydrogen (secondary N) is 1. The Morgan fingerprint density at radius 2 is 2.45 bits per heavy atom. The molecule has 2 N–H and O–H groups in total. The predicted octanol–water partition coefficient (Wildman–Crippen LogP) is 0.217. The summed E-state index contributed by atoms with van der Waals surface area (Å²) in [6.45, 7) is 1.49. The lowest BCUT2D eigenvalue weighted by atomic mass is 10.2. The van der Waals surface area contributed by atoms with E-state index < -0.39 is 6.04 Å². The highest BCUT2D eigenvalue weighted by molar-refractivity contribution is 5.92. The zero-order chi connectivity index (χ0) is 14.4. The summed E-state index contributed by atoms with van der Waals surface area (Å²) in [5.74, 6) is 5.42. The van der Waals surface area contributed by atoms with Gasteiger partial charge in [-0.1, -0.05) is 11.8 Å². The molecule has 1 atom stereocenters.